The molecule has 10 nitrogen and oxygen atoms in total. The minimum Gasteiger partial charge on any atom is -0.491 e. The molecular formula is C25H35N3O7S2. The fraction of sp³-hybridized carbons (Fsp3) is 0.480. The average molecular weight is 554 g/mol. The maximum absolute atomic E-state index is 12.8. The van der Waals surface area contributed by atoms with Gasteiger partial charge in [0.1, 0.15) is 12.3 Å². The molecule has 0 bridgehead atoms. The highest BCUT2D eigenvalue weighted by atomic mass is 32.2. The molecule has 0 aliphatic carbocycles. The highest BCUT2D eigenvalue weighted by Gasteiger charge is 2.27. The Morgan fingerprint density at radius 1 is 1.03 bits per heavy atom. The molecule has 0 unspecified atom stereocenters. The summed E-state index contributed by atoms with van der Waals surface area (Å²) in [6.07, 6.45) is 2.54. The number of hydrogen-bond acceptors (Lipinski definition) is 7. The number of ether oxygens (including phenoxy) is 2. The number of aryl methyl sites for hydroxylation is 1. The van der Waals surface area contributed by atoms with E-state index in [1.165, 1.54) is 28.6 Å². The van der Waals surface area contributed by atoms with Crippen LogP contribution in [0.15, 0.2) is 53.4 Å². The third-order valence-corrected chi connectivity index (χ3v) is 8.73. The van der Waals surface area contributed by atoms with Crippen molar-refractivity contribution in [3.8, 4) is 5.75 Å². The zero-order chi connectivity index (χ0) is 27.1. The Morgan fingerprint density at radius 2 is 1.65 bits per heavy atom. The second-order valence-corrected chi connectivity index (χ2v) is 12.9. The van der Waals surface area contributed by atoms with E-state index in [0.717, 1.165) is 28.3 Å². The van der Waals surface area contributed by atoms with Crippen molar-refractivity contribution in [3.63, 3.8) is 0 Å². The monoisotopic (exact) mass is 553 g/mol. The maximum Gasteiger partial charge on any atom is 0.243 e. The summed E-state index contributed by atoms with van der Waals surface area (Å²) in [6, 6.07) is 13.3. The van der Waals surface area contributed by atoms with E-state index in [1.807, 2.05) is 38.1 Å². The van der Waals surface area contributed by atoms with E-state index >= 15 is 0 Å². The van der Waals surface area contributed by atoms with Crippen molar-refractivity contribution in [1.82, 2.24) is 9.62 Å². The largest absolute Gasteiger partial charge is 0.491 e. The predicted octanol–water partition coefficient (Wildman–Crippen LogP) is 2.01. The number of benzene rings is 2. The summed E-state index contributed by atoms with van der Waals surface area (Å²) in [4.78, 5) is 12.6. The van der Waals surface area contributed by atoms with Crippen molar-refractivity contribution in [2.45, 2.75) is 37.7 Å². The van der Waals surface area contributed by atoms with Gasteiger partial charge in [-0.05, 0) is 68.7 Å². The molecule has 1 N–H and O–H groups in total. The van der Waals surface area contributed by atoms with Crippen LogP contribution in [0.5, 0.6) is 5.75 Å². The second-order valence-electron chi connectivity index (χ2n) is 9.04. The van der Waals surface area contributed by atoms with E-state index in [-0.39, 0.29) is 29.8 Å². The van der Waals surface area contributed by atoms with Crippen LogP contribution in [-0.2, 0) is 36.0 Å². The number of nitrogens with zero attached hydrogens (tertiary/aromatic N) is 2. The second kappa shape index (κ2) is 12.7. The van der Waals surface area contributed by atoms with Gasteiger partial charge in [0.05, 0.1) is 36.2 Å². The van der Waals surface area contributed by atoms with Gasteiger partial charge in [-0.2, -0.15) is 4.31 Å². The van der Waals surface area contributed by atoms with Crippen molar-refractivity contribution >= 4 is 31.6 Å². The van der Waals surface area contributed by atoms with Gasteiger partial charge >= 0.3 is 0 Å². The smallest absolute Gasteiger partial charge is 0.243 e. The van der Waals surface area contributed by atoms with Crippen LogP contribution in [0.1, 0.15) is 25.8 Å². The summed E-state index contributed by atoms with van der Waals surface area (Å²) >= 11 is 0. The fourth-order valence-corrected chi connectivity index (χ4v) is 6.10. The lowest BCUT2D eigenvalue weighted by molar-refractivity contribution is -0.119. The number of carbonyl (C=O) groups excluding carboxylic acids is 1. The molecule has 12 heteroatoms. The van der Waals surface area contributed by atoms with E-state index < -0.39 is 32.5 Å². The number of hydrogen-bond donors (Lipinski definition) is 1. The van der Waals surface area contributed by atoms with Crippen molar-refractivity contribution in [3.05, 3.63) is 54.1 Å². The van der Waals surface area contributed by atoms with Gasteiger partial charge in [0.25, 0.3) is 0 Å². The van der Waals surface area contributed by atoms with Crippen molar-refractivity contribution in [2.75, 3.05) is 50.0 Å². The van der Waals surface area contributed by atoms with Gasteiger partial charge in [-0.3, -0.25) is 9.10 Å². The molecule has 1 aliphatic heterocycles. The molecule has 0 spiro atoms. The van der Waals surface area contributed by atoms with Crippen LogP contribution >= 0.6 is 0 Å². The third kappa shape index (κ3) is 8.42. The first-order valence-corrected chi connectivity index (χ1v) is 15.4. The van der Waals surface area contributed by atoms with Crippen molar-refractivity contribution in [2.24, 2.45) is 0 Å². The molecule has 1 saturated heterocycles. The maximum atomic E-state index is 12.8. The lowest BCUT2D eigenvalue weighted by atomic mass is 10.1. The molecule has 0 aromatic heterocycles. The third-order valence-electron chi connectivity index (χ3n) is 5.68. The van der Waals surface area contributed by atoms with Crippen LogP contribution in [0.25, 0.3) is 0 Å². The Balaban J connectivity index is 1.55. The summed E-state index contributed by atoms with van der Waals surface area (Å²) in [5.41, 5.74) is 1.32. The Hall–Kier alpha value is -2.67. The number of nitrogens with one attached hydrogen (secondary N) is 1. The van der Waals surface area contributed by atoms with Crippen LogP contribution in [0.2, 0.25) is 0 Å². The molecule has 0 atom stereocenters. The lowest BCUT2D eigenvalue weighted by Gasteiger charge is -2.26. The van der Waals surface area contributed by atoms with E-state index in [1.54, 1.807) is 0 Å². The van der Waals surface area contributed by atoms with Crippen molar-refractivity contribution in [1.29, 1.82) is 0 Å². The quantitative estimate of drug-likeness (QED) is 0.399. The van der Waals surface area contributed by atoms with Crippen LogP contribution in [0.4, 0.5) is 5.69 Å². The van der Waals surface area contributed by atoms with Crippen LogP contribution < -0.4 is 14.4 Å². The predicted molar refractivity (Wildman–Crippen MR) is 142 cm³/mol. The van der Waals surface area contributed by atoms with Gasteiger partial charge in [-0.25, -0.2) is 16.8 Å². The zero-order valence-electron chi connectivity index (χ0n) is 21.4. The minimum absolute atomic E-state index is 0.0554. The van der Waals surface area contributed by atoms with Gasteiger partial charge < -0.3 is 14.8 Å². The highest BCUT2D eigenvalue weighted by molar-refractivity contribution is 7.92. The Labute approximate surface area is 219 Å². The summed E-state index contributed by atoms with van der Waals surface area (Å²) in [7, 11) is -7.49. The average Bonchev–Trinajstić information content (AvgIpc) is 2.86. The normalized spacial score (nSPS) is 14.9. The van der Waals surface area contributed by atoms with E-state index in [4.69, 9.17) is 9.47 Å². The van der Waals surface area contributed by atoms with Crippen molar-refractivity contribution < 1.29 is 31.1 Å². The molecule has 2 aromatic rings. The number of rotatable bonds is 12. The SMILES string of the molecule is CC(C)Oc1ccc(CCCNC(=O)CN(c2ccc(S(=O)(=O)N3CCOCC3)cc2)S(C)(=O)=O)cc1. The highest BCUT2D eigenvalue weighted by Crippen LogP contribution is 2.23. The molecule has 1 aliphatic rings. The Morgan fingerprint density at radius 3 is 2.22 bits per heavy atom. The number of morpholine rings is 1. The van der Waals surface area contributed by atoms with Gasteiger partial charge in [0.2, 0.25) is 26.0 Å². The van der Waals surface area contributed by atoms with Gasteiger partial charge in [-0.15, -0.1) is 0 Å². The molecule has 1 amide bonds. The Kier molecular flexibility index (Phi) is 9.93. The number of carbonyl (C=O) groups is 1. The standard InChI is InChI=1S/C25H35N3O7S2/c1-20(2)35-23-10-6-21(7-11-23)5-4-14-26-25(29)19-28(36(3,30)31)22-8-12-24(13-9-22)37(32,33)27-15-17-34-18-16-27/h6-13,20H,4-5,14-19H2,1-3H3,(H,26,29). The lowest BCUT2D eigenvalue weighted by Crippen LogP contribution is -2.41. The first kappa shape index (κ1) is 28.9. The molecule has 0 radical (unpaired) electrons. The van der Waals surface area contributed by atoms with Gasteiger partial charge in [0, 0.05) is 19.6 Å². The first-order valence-electron chi connectivity index (χ1n) is 12.1. The number of sulfonamides is 2. The molecule has 1 heterocycles. The molecule has 204 valence electrons. The van der Waals surface area contributed by atoms with Crippen LogP contribution in [-0.4, -0.2) is 78.8 Å². The fourth-order valence-electron chi connectivity index (χ4n) is 3.83. The number of anilines is 1. The molecule has 3 rings (SSSR count). The number of amides is 1. The van der Waals surface area contributed by atoms with Crippen LogP contribution in [0.3, 0.4) is 0 Å². The summed E-state index contributed by atoms with van der Waals surface area (Å²) < 4.78 is 63.6. The Bertz CT molecular complexity index is 1240. The molecule has 2 aromatic carbocycles. The van der Waals surface area contributed by atoms with E-state index in [9.17, 15) is 21.6 Å². The minimum atomic E-state index is -3.78. The first-order chi connectivity index (χ1) is 17.5. The zero-order valence-corrected chi connectivity index (χ0v) is 23.1. The summed E-state index contributed by atoms with van der Waals surface area (Å²) in [5.74, 6) is 0.357. The summed E-state index contributed by atoms with van der Waals surface area (Å²) in [6.45, 7) is 5.09. The molecular weight excluding hydrogens is 518 g/mol. The van der Waals surface area contributed by atoms with E-state index in [0.29, 0.717) is 26.2 Å². The van der Waals surface area contributed by atoms with E-state index in [2.05, 4.69) is 5.32 Å². The van der Waals surface area contributed by atoms with Gasteiger partial charge in [0.15, 0.2) is 0 Å². The molecule has 0 saturated carbocycles. The van der Waals surface area contributed by atoms with Crippen LogP contribution in [0, 0.1) is 0 Å². The molecule has 1 fully saturated rings. The van der Waals surface area contributed by atoms with Gasteiger partial charge in [-0.1, -0.05) is 12.1 Å². The summed E-state index contributed by atoms with van der Waals surface area (Å²) in [5, 5.41) is 2.76. The topological polar surface area (TPSA) is 122 Å². The molecule has 37 heavy (non-hydrogen) atoms.